The van der Waals surface area contributed by atoms with E-state index in [-0.39, 0.29) is 47.5 Å². The highest BCUT2D eigenvalue weighted by molar-refractivity contribution is 6.05. The number of ether oxygens (including phenoxy) is 2. The lowest BCUT2D eigenvalue weighted by Crippen LogP contribution is -2.06. The number of aromatic carboxylic acids is 1. The summed E-state index contributed by atoms with van der Waals surface area (Å²) in [4.78, 5) is 70.4. The SMILES string of the molecule is C#CCOc1ccc2nc(-c3nc4c(C(C)=O)cccc4[nH]3)nc(-c3ccc(C(C)C)cc3)c2c1.C#CCOc1ccc2nc(C(=O)O)nc(-c3ccc(C(C)C)cc3)c2c1.CC(=O)c1cccc(N)c1[N+](=O)[O-]. The van der Waals surface area contributed by atoms with Crippen LogP contribution in [0.15, 0.2) is 121 Å². The zero-order valence-electron chi connectivity index (χ0n) is 41.3. The van der Waals surface area contributed by atoms with Gasteiger partial charge in [-0.25, -0.2) is 29.7 Å². The minimum Gasteiger partial charge on any atom is -0.481 e. The second-order valence-electron chi connectivity index (χ2n) is 17.4. The second-order valence-corrected chi connectivity index (χ2v) is 17.4. The van der Waals surface area contributed by atoms with E-state index < -0.39 is 10.9 Å². The fourth-order valence-corrected chi connectivity index (χ4v) is 7.81. The first kappa shape index (κ1) is 52.0. The van der Waals surface area contributed by atoms with Crippen molar-refractivity contribution in [1.82, 2.24) is 29.9 Å². The number of fused-ring (bicyclic) bond motifs is 3. The highest BCUT2D eigenvalue weighted by atomic mass is 16.6. The summed E-state index contributed by atoms with van der Waals surface area (Å²) in [6, 6.07) is 36.9. The highest BCUT2D eigenvalue weighted by Crippen LogP contribution is 2.34. The normalized spacial score (nSPS) is 10.7. The van der Waals surface area contributed by atoms with Crippen LogP contribution in [0, 0.1) is 34.8 Å². The predicted octanol–water partition coefficient (Wildman–Crippen LogP) is 11.7. The number of nitro benzene ring substituents is 1. The lowest BCUT2D eigenvalue weighted by Gasteiger charge is -2.11. The highest BCUT2D eigenvalue weighted by Gasteiger charge is 2.21. The summed E-state index contributed by atoms with van der Waals surface area (Å²) in [5.74, 6) is 6.13. The maximum absolute atomic E-state index is 12.1. The Labute approximate surface area is 426 Å². The number of para-hydroxylation sites is 2. The predicted molar refractivity (Wildman–Crippen MR) is 286 cm³/mol. The number of nitro groups is 1. The summed E-state index contributed by atoms with van der Waals surface area (Å²) < 4.78 is 11.1. The molecule has 16 heteroatoms. The molecule has 370 valence electrons. The number of aromatic nitrogens is 6. The number of hydrogen-bond acceptors (Lipinski definition) is 13. The number of nitrogen functional groups attached to an aromatic ring is 1. The van der Waals surface area contributed by atoms with Crippen LogP contribution in [0.25, 0.3) is 67.0 Å². The summed E-state index contributed by atoms with van der Waals surface area (Å²) in [6.45, 7) is 11.7. The van der Waals surface area contributed by atoms with Gasteiger partial charge in [-0.05, 0) is 97.5 Å². The van der Waals surface area contributed by atoms with E-state index >= 15 is 0 Å². The van der Waals surface area contributed by atoms with Crippen molar-refractivity contribution in [3.8, 4) is 70.4 Å². The van der Waals surface area contributed by atoms with Gasteiger partial charge >= 0.3 is 11.7 Å². The van der Waals surface area contributed by atoms with Gasteiger partial charge in [0.25, 0.3) is 0 Å². The molecule has 0 saturated heterocycles. The Kier molecular flexibility index (Phi) is 16.1. The topological polar surface area (TPSA) is 239 Å². The number of nitrogens with one attached hydrogen (secondary N) is 1. The van der Waals surface area contributed by atoms with Crippen LogP contribution in [0.3, 0.4) is 0 Å². The van der Waals surface area contributed by atoms with Gasteiger partial charge in [-0.3, -0.25) is 19.7 Å². The van der Waals surface area contributed by atoms with E-state index in [2.05, 4.69) is 78.8 Å². The molecule has 0 radical (unpaired) electrons. The van der Waals surface area contributed by atoms with Gasteiger partial charge in [0.05, 0.1) is 43.9 Å². The zero-order valence-corrected chi connectivity index (χ0v) is 41.3. The van der Waals surface area contributed by atoms with Crippen molar-refractivity contribution in [1.29, 1.82) is 0 Å². The number of carbonyl (C=O) groups is 3. The van der Waals surface area contributed by atoms with Crippen molar-refractivity contribution in [3.63, 3.8) is 0 Å². The van der Waals surface area contributed by atoms with E-state index in [1.807, 2.05) is 54.6 Å². The Bertz CT molecular complexity index is 3690. The second kappa shape index (κ2) is 23.0. The van der Waals surface area contributed by atoms with E-state index in [1.165, 1.54) is 43.2 Å². The third-order valence-corrected chi connectivity index (χ3v) is 11.6. The maximum atomic E-state index is 12.1. The lowest BCUT2D eigenvalue weighted by molar-refractivity contribution is -0.384. The van der Waals surface area contributed by atoms with Gasteiger partial charge in [0, 0.05) is 27.5 Å². The zero-order chi connectivity index (χ0) is 53.2. The number of anilines is 1. The van der Waals surface area contributed by atoms with E-state index in [0.29, 0.717) is 62.7 Å². The fraction of sp³-hybridized carbons (Fsp3) is 0.172. The molecule has 9 rings (SSSR count). The molecule has 3 heterocycles. The van der Waals surface area contributed by atoms with E-state index in [9.17, 15) is 29.6 Å². The number of imidazole rings is 1. The number of carbonyl (C=O) groups excluding carboxylic acids is 2. The molecular formula is C58H50N8O8. The Balaban J connectivity index is 0.000000180. The molecule has 0 aliphatic rings. The van der Waals surface area contributed by atoms with E-state index in [1.54, 1.807) is 24.3 Å². The Hall–Kier alpha value is -9.80. The summed E-state index contributed by atoms with van der Waals surface area (Å²) in [6.07, 6.45) is 10.6. The summed E-state index contributed by atoms with van der Waals surface area (Å²) in [5, 5.41) is 21.4. The number of nitrogens with two attached hydrogens (primary N) is 1. The summed E-state index contributed by atoms with van der Waals surface area (Å²) in [7, 11) is 0. The molecule has 9 aromatic rings. The van der Waals surface area contributed by atoms with Gasteiger partial charge in [0.1, 0.15) is 30.4 Å². The smallest absolute Gasteiger partial charge is 0.373 e. The quantitative estimate of drug-likeness (QED) is 0.0320. The van der Waals surface area contributed by atoms with Crippen molar-refractivity contribution >= 4 is 61.7 Å². The van der Waals surface area contributed by atoms with Crippen LogP contribution >= 0.6 is 0 Å². The van der Waals surface area contributed by atoms with Crippen molar-refractivity contribution in [2.75, 3.05) is 18.9 Å². The van der Waals surface area contributed by atoms with Crippen LogP contribution < -0.4 is 15.2 Å². The Morgan fingerprint density at radius 1 is 0.676 bits per heavy atom. The van der Waals surface area contributed by atoms with Gasteiger partial charge in [0.15, 0.2) is 23.2 Å². The van der Waals surface area contributed by atoms with E-state index in [0.717, 1.165) is 33.2 Å². The molecule has 3 aromatic heterocycles. The number of carboxylic acid groups (broad SMARTS) is 1. The molecule has 0 saturated carbocycles. The molecule has 74 heavy (non-hydrogen) atoms. The van der Waals surface area contributed by atoms with Crippen LogP contribution in [-0.4, -0.2) is 70.7 Å². The maximum Gasteiger partial charge on any atom is 0.373 e. The monoisotopic (exact) mass is 986 g/mol. The molecule has 0 atom stereocenters. The molecule has 4 N–H and O–H groups in total. The first-order chi connectivity index (χ1) is 35.5. The van der Waals surface area contributed by atoms with Crippen molar-refractivity contribution < 1.29 is 33.9 Å². The van der Waals surface area contributed by atoms with Crippen molar-refractivity contribution in [3.05, 3.63) is 160 Å². The Morgan fingerprint density at radius 3 is 1.65 bits per heavy atom. The molecule has 0 aliphatic carbocycles. The molecule has 6 aromatic carbocycles. The molecule has 0 amide bonds. The van der Waals surface area contributed by atoms with Gasteiger partial charge in [-0.15, -0.1) is 12.8 Å². The first-order valence-corrected chi connectivity index (χ1v) is 23.2. The van der Waals surface area contributed by atoms with Gasteiger partial charge in [0.2, 0.25) is 5.82 Å². The molecule has 0 unspecified atom stereocenters. The Morgan fingerprint density at radius 2 is 1.18 bits per heavy atom. The molecule has 0 aliphatic heterocycles. The summed E-state index contributed by atoms with van der Waals surface area (Å²) in [5.41, 5.74) is 13.9. The standard InChI is InChI=1S/C29H24N4O2.C21H18N2O3.C8H8N2O3/c1-5-15-35-21-13-14-24-23(16-21)26(20-11-9-19(10-12-20)17(2)3)32-28(30-24)29-31-25-8-6-7-22(18(4)34)27(25)33-29;1-4-11-26-16-9-10-18-17(12-16)19(23-20(22-18)21(24)25)15-7-5-14(6-8-15)13(2)3;1-5(11)6-3-2-4-7(9)8(6)10(12)13/h1,6-14,16-17H,15H2,2-4H3,(H,31,33);1,5-10,12-13H,11H2,2-3H3,(H,24,25);2-4H,9H2,1H3. The number of H-pyrrole nitrogens is 1. The first-order valence-electron chi connectivity index (χ1n) is 23.2. The van der Waals surface area contributed by atoms with Gasteiger partial charge < -0.3 is 25.3 Å². The van der Waals surface area contributed by atoms with Crippen LogP contribution in [0.4, 0.5) is 11.4 Å². The molecular weight excluding hydrogens is 937 g/mol. The van der Waals surface area contributed by atoms with Crippen LogP contribution in [0.5, 0.6) is 11.5 Å². The number of aromatic amines is 1. The average molecular weight is 987 g/mol. The van der Waals surface area contributed by atoms with Gasteiger partial charge in [-0.2, -0.15) is 0 Å². The van der Waals surface area contributed by atoms with Crippen molar-refractivity contribution in [2.24, 2.45) is 0 Å². The minimum absolute atomic E-state index is 0.0118. The number of rotatable bonds is 13. The molecule has 0 spiro atoms. The molecule has 0 fully saturated rings. The fourth-order valence-electron chi connectivity index (χ4n) is 7.81. The lowest BCUT2D eigenvalue weighted by atomic mass is 9.99. The van der Waals surface area contributed by atoms with Crippen LogP contribution in [0.2, 0.25) is 0 Å². The number of Topliss-reactive ketones (excluding diaryl/α,β-unsaturated/α-hetero) is 2. The summed E-state index contributed by atoms with van der Waals surface area (Å²) >= 11 is 0. The minimum atomic E-state index is -1.17. The third-order valence-electron chi connectivity index (χ3n) is 11.6. The third kappa shape index (κ3) is 11.9. The van der Waals surface area contributed by atoms with Crippen molar-refractivity contribution in [2.45, 2.75) is 53.4 Å². The number of carboxylic acids is 1. The molecule has 0 bridgehead atoms. The molecule has 16 nitrogen and oxygen atoms in total. The van der Waals surface area contributed by atoms with Crippen LogP contribution in [-0.2, 0) is 0 Å². The van der Waals surface area contributed by atoms with Gasteiger partial charge in [-0.1, -0.05) is 100 Å². The number of nitrogens with zero attached hydrogens (tertiary/aromatic N) is 6. The number of benzene rings is 6. The number of terminal acetylenes is 2. The van der Waals surface area contributed by atoms with Crippen LogP contribution in [0.1, 0.15) is 95.8 Å². The average Bonchev–Trinajstić information content (AvgIpc) is 3.84. The number of hydrogen-bond donors (Lipinski definition) is 3. The number of ketones is 2. The van der Waals surface area contributed by atoms with E-state index in [4.69, 9.17) is 43.0 Å². The largest absolute Gasteiger partial charge is 0.481 e.